The SMILES string of the molecule is NCCCC[C@H](NN(C(=O)CNC(=O)[C@H](Cc1cnc[nH]1)NC(c1ccccc1)(c1ccccc1)c1ccccc1)[C@@H](CO)C(=O)O)C(=O)N[C@@H](Cc1ccccc1)C(=O)N[C@@H](Cc1ccc(O)cc1)C(=O)O. The lowest BCUT2D eigenvalue weighted by atomic mass is 9.76. The Morgan fingerprint density at radius 3 is 1.64 bits per heavy atom. The van der Waals surface area contributed by atoms with Crippen LogP contribution in [0.2, 0.25) is 0 Å². The molecule has 0 bridgehead atoms. The summed E-state index contributed by atoms with van der Waals surface area (Å²) in [5.74, 6) is -6.45. The lowest BCUT2D eigenvalue weighted by molar-refractivity contribution is -0.157. The molecule has 6 aromatic rings. The number of aliphatic hydroxyl groups excluding tert-OH is 1. The summed E-state index contributed by atoms with van der Waals surface area (Å²) < 4.78 is 0. The van der Waals surface area contributed by atoms with Crippen molar-refractivity contribution in [3.63, 3.8) is 0 Å². The van der Waals surface area contributed by atoms with Crippen molar-refractivity contribution in [1.29, 1.82) is 0 Å². The number of hydrogen-bond donors (Lipinski definition) is 11. The second kappa shape index (κ2) is 26.8. The predicted molar refractivity (Wildman–Crippen MR) is 270 cm³/mol. The van der Waals surface area contributed by atoms with Gasteiger partial charge in [0.15, 0.2) is 6.04 Å². The standard InChI is InChI=1S/C54H61N9O10/c55-28-14-13-23-43(50(68)59-44(29-36-15-5-1-6-16-36)51(69)60-46(52(70)71)30-37-24-26-42(65)27-25-37)62-63(47(34-64)53(72)73)48(66)33-57-49(67)45(31-41-32-56-35-58-41)61-54(38-17-7-2-8-18-38,39-19-9-3-10-20-39)40-21-11-4-12-22-40/h1-12,15-22,24-27,32,35,43-47,61-62,64-65H,13-14,23,28-31,33-34,55H2,(H,56,58)(H,57,67)(H,59,68)(H,60,69)(H,70,71)(H,72,73)/t43-,44-,45-,46-,47-/m0/s1. The van der Waals surface area contributed by atoms with E-state index in [1.807, 2.05) is 91.0 Å². The van der Waals surface area contributed by atoms with Crippen LogP contribution in [0.15, 0.2) is 158 Å². The maximum Gasteiger partial charge on any atom is 0.330 e. The van der Waals surface area contributed by atoms with E-state index in [4.69, 9.17) is 5.73 Å². The highest BCUT2D eigenvalue weighted by molar-refractivity contribution is 5.93. The Morgan fingerprint density at radius 2 is 1.14 bits per heavy atom. The minimum atomic E-state index is -1.96. The monoisotopic (exact) mass is 995 g/mol. The van der Waals surface area contributed by atoms with Gasteiger partial charge in [0.2, 0.25) is 17.7 Å². The number of hydrazine groups is 1. The molecular weight excluding hydrogens is 935 g/mol. The molecule has 0 saturated carbocycles. The molecule has 4 amide bonds. The maximum absolute atomic E-state index is 14.7. The number of carboxylic acids is 2. The van der Waals surface area contributed by atoms with Gasteiger partial charge in [0.1, 0.15) is 23.9 Å². The van der Waals surface area contributed by atoms with E-state index in [1.165, 1.54) is 30.6 Å². The number of rotatable bonds is 28. The second-order valence-corrected chi connectivity index (χ2v) is 17.3. The molecule has 0 spiro atoms. The Hall–Kier alpha value is -8.23. The number of nitrogens with two attached hydrogens (primary N) is 1. The molecule has 0 aliphatic carbocycles. The number of aliphatic carboxylic acids is 2. The van der Waals surface area contributed by atoms with Crippen LogP contribution < -0.4 is 32.4 Å². The third kappa shape index (κ3) is 14.9. The van der Waals surface area contributed by atoms with E-state index in [0.29, 0.717) is 28.3 Å². The number of aromatic nitrogens is 2. The van der Waals surface area contributed by atoms with Crippen LogP contribution in [-0.4, -0.2) is 121 Å². The minimum absolute atomic E-state index is 0.0328. The molecule has 0 fully saturated rings. The minimum Gasteiger partial charge on any atom is -0.508 e. The molecule has 19 heteroatoms. The summed E-state index contributed by atoms with van der Waals surface area (Å²) in [6.07, 6.45) is 3.48. The number of carbonyl (C=O) groups excluding carboxylic acids is 4. The fourth-order valence-electron chi connectivity index (χ4n) is 8.46. The molecule has 0 aliphatic heterocycles. The summed E-state index contributed by atoms with van der Waals surface area (Å²) in [7, 11) is 0. The van der Waals surface area contributed by atoms with Gasteiger partial charge in [-0.1, -0.05) is 140 Å². The number of amides is 4. The Balaban J connectivity index is 1.28. The van der Waals surface area contributed by atoms with Gasteiger partial charge in [-0.25, -0.2) is 20.0 Å². The number of benzene rings is 5. The van der Waals surface area contributed by atoms with Crippen LogP contribution in [0.1, 0.15) is 52.8 Å². The van der Waals surface area contributed by atoms with Crippen molar-refractivity contribution in [2.45, 2.75) is 74.3 Å². The van der Waals surface area contributed by atoms with Gasteiger partial charge in [-0.15, -0.1) is 0 Å². The molecule has 6 rings (SSSR count). The molecule has 382 valence electrons. The quantitative estimate of drug-likeness (QED) is 0.0191. The first-order valence-electron chi connectivity index (χ1n) is 23.8. The second-order valence-electron chi connectivity index (χ2n) is 17.3. The van der Waals surface area contributed by atoms with Crippen LogP contribution in [0.5, 0.6) is 5.75 Å². The molecule has 0 unspecified atom stereocenters. The number of nitrogens with one attached hydrogen (secondary N) is 6. The number of phenols is 1. The van der Waals surface area contributed by atoms with Crippen molar-refractivity contribution in [2.24, 2.45) is 5.73 Å². The van der Waals surface area contributed by atoms with E-state index >= 15 is 0 Å². The number of unbranched alkanes of at least 4 members (excludes halogenated alkanes) is 1. The molecule has 1 aromatic heterocycles. The molecule has 5 aromatic carbocycles. The number of carbonyl (C=O) groups is 6. The Bertz CT molecular complexity index is 2600. The molecule has 0 saturated heterocycles. The maximum atomic E-state index is 14.7. The van der Waals surface area contributed by atoms with Crippen LogP contribution in [0.25, 0.3) is 0 Å². The molecule has 12 N–H and O–H groups in total. The highest BCUT2D eigenvalue weighted by Crippen LogP contribution is 2.37. The number of aliphatic hydroxyl groups is 1. The van der Waals surface area contributed by atoms with Gasteiger partial charge in [-0.05, 0) is 59.3 Å². The number of aromatic hydroxyl groups is 1. The number of phenolic OH excluding ortho intramolecular Hbond substituents is 1. The molecule has 5 atom stereocenters. The van der Waals surface area contributed by atoms with Gasteiger partial charge in [0.25, 0.3) is 5.91 Å². The van der Waals surface area contributed by atoms with E-state index in [-0.39, 0.29) is 44.4 Å². The van der Waals surface area contributed by atoms with Gasteiger partial charge in [-0.2, -0.15) is 0 Å². The number of H-pyrrole nitrogens is 1. The fraction of sp³-hybridized carbons (Fsp3) is 0.278. The van der Waals surface area contributed by atoms with Gasteiger partial charge in [-0.3, -0.25) is 29.5 Å². The average molecular weight is 996 g/mol. The molecule has 0 aliphatic rings. The Kier molecular flexibility index (Phi) is 19.9. The fourth-order valence-corrected chi connectivity index (χ4v) is 8.46. The van der Waals surface area contributed by atoms with Crippen molar-refractivity contribution in [3.8, 4) is 5.75 Å². The van der Waals surface area contributed by atoms with E-state index in [1.54, 1.807) is 36.5 Å². The largest absolute Gasteiger partial charge is 0.508 e. The van der Waals surface area contributed by atoms with E-state index in [9.17, 15) is 49.2 Å². The van der Waals surface area contributed by atoms with Gasteiger partial charge in [0.05, 0.1) is 31.1 Å². The van der Waals surface area contributed by atoms with E-state index in [0.717, 1.165) is 16.7 Å². The summed E-state index contributed by atoms with van der Waals surface area (Å²) in [5.41, 5.74) is 11.4. The highest BCUT2D eigenvalue weighted by Gasteiger charge is 2.41. The van der Waals surface area contributed by atoms with E-state index < -0.39 is 84.5 Å². The molecule has 73 heavy (non-hydrogen) atoms. The first-order valence-corrected chi connectivity index (χ1v) is 23.8. The Morgan fingerprint density at radius 1 is 0.616 bits per heavy atom. The van der Waals surface area contributed by atoms with Crippen LogP contribution >= 0.6 is 0 Å². The zero-order valence-electron chi connectivity index (χ0n) is 40.0. The number of aromatic amines is 1. The zero-order chi connectivity index (χ0) is 52.2. The lowest BCUT2D eigenvalue weighted by Gasteiger charge is -2.40. The van der Waals surface area contributed by atoms with Gasteiger partial charge < -0.3 is 47.1 Å². The van der Waals surface area contributed by atoms with Gasteiger partial charge >= 0.3 is 11.9 Å². The van der Waals surface area contributed by atoms with Crippen molar-refractivity contribution >= 4 is 35.6 Å². The summed E-state index contributed by atoms with van der Waals surface area (Å²) in [5, 5.41) is 52.7. The lowest BCUT2D eigenvalue weighted by Crippen LogP contribution is -2.63. The number of hydrogen-bond acceptors (Lipinski definition) is 12. The van der Waals surface area contributed by atoms with Crippen LogP contribution in [0, 0.1) is 0 Å². The van der Waals surface area contributed by atoms with Gasteiger partial charge in [0, 0.05) is 31.2 Å². The first-order chi connectivity index (χ1) is 35.3. The number of carboxylic acid groups (broad SMARTS) is 2. The summed E-state index contributed by atoms with van der Waals surface area (Å²) in [4.78, 5) is 89.9. The highest BCUT2D eigenvalue weighted by atomic mass is 16.4. The third-order valence-corrected chi connectivity index (χ3v) is 12.2. The van der Waals surface area contributed by atoms with Crippen molar-refractivity contribution in [2.75, 3.05) is 19.7 Å². The normalized spacial score (nSPS) is 13.3. The molecule has 0 radical (unpaired) electrons. The molecular formula is C54H61N9O10. The summed E-state index contributed by atoms with van der Waals surface area (Å²) >= 11 is 0. The van der Waals surface area contributed by atoms with Crippen LogP contribution in [0.4, 0.5) is 0 Å². The smallest absolute Gasteiger partial charge is 0.330 e. The molecule has 1 heterocycles. The van der Waals surface area contributed by atoms with Crippen molar-refractivity contribution < 1.29 is 49.2 Å². The Labute approximate surface area is 422 Å². The zero-order valence-corrected chi connectivity index (χ0v) is 40.0. The van der Waals surface area contributed by atoms with Crippen molar-refractivity contribution in [3.05, 3.63) is 192 Å². The van der Waals surface area contributed by atoms with Crippen molar-refractivity contribution in [1.82, 2.24) is 41.7 Å². The predicted octanol–water partition coefficient (Wildman–Crippen LogP) is 2.54. The third-order valence-electron chi connectivity index (χ3n) is 12.2. The average Bonchev–Trinajstić information content (AvgIpc) is 3.93. The first kappa shape index (κ1) is 54.1. The topological polar surface area (TPSA) is 301 Å². The van der Waals surface area contributed by atoms with Crippen LogP contribution in [-0.2, 0) is 53.6 Å². The molecule has 19 nitrogen and oxygen atoms in total. The summed E-state index contributed by atoms with van der Waals surface area (Å²) in [6, 6.07) is 35.7. The number of nitrogens with zero attached hydrogens (tertiary/aromatic N) is 2. The number of imidazole rings is 1. The summed E-state index contributed by atoms with van der Waals surface area (Å²) in [6.45, 7) is -1.69. The van der Waals surface area contributed by atoms with E-state index in [2.05, 4.69) is 36.7 Å². The van der Waals surface area contributed by atoms with Crippen LogP contribution in [0.3, 0.4) is 0 Å².